The number of carboxylic acid groups (broad SMARTS) is 1. The summed E-state index contributed by atoms with van der Waals surface area (Å²) in [5.74, 6) is -0.851. The lowest BCUT2D eigenvalue weighted by atomic mass is 10.1. The zero-order chi connectivity index (χ0) is 13.1. The SMILES string of the molecule is COc1ccc2occ(/C=C/C(=O)[O-])c(=O)c2c1. The van der Waals surface area contributed by atoms with Crippen LogP contribution in [-0.2, 0) is 4.79 Å². The number of carboxylic acids is 1. The van der Waals surface area contributed by atoms with E-state index in [2.05, 4.69) is 0 Å². The lowest BCUT2D eigenvalue weighted by molar-refractivity contribution is -0.297. The maximum absolute atomic E-state index is 12.0. The molecule has 18 heavy (non-hydrogen) atoms. The van der Waals surface area contributed by atoms with Crippen molar-refractivity contribution in [2.45, 2.75) is 0 Å². The van der Waals surface area contributed by atoms with E-state index in [1.54, 1.807) is 12.1 Å². The van der Waals surface area contributed by atoms with E-state index in [1.807, 2.05) is 0 Å². The van der Waals surface area contributed by atoms with E-state index in [4.69, 9.17) is 9.15 Å². The second-order valence-electron chi connectivity index (χ2n) is 3.53. The van der Waals surface area contributed by atoms with Gasteiger partial charge >= 0.3 is 0 Å². The first kappa shape index (κ1) is 11.9. The van der Waals surface area contributed by atoms with Gasteiger partial charge in [-0.1, -0.05) is 0 Å². The summed E-state index contributed by atoms with van der Waals surface area (Å²) in [7, 11) is 1.49. The minimum Gasteiger partial charge on any atom is -0.545 e. The molecule has 2 aromatic rings. The van der Waals surface area contributed by atoms with Crippen LogP contribution in [0.3, 0.4) is 0 Å². The van der Waals surface area contributed by atoms with Crippen molar-refractivity contribution < 1.29 is 19.1 Å². The number of benzene rings is 1. The van der Waals surface area contributed by atoms with E-state index in [0.29, 0.717) is 16.7 Å². The van der Waals surface area contributed by atoms with Crippen LogP contribution in [0.25, 0.3) is 17.0 Å². The zero-order valence-corrected chi connectivity index (χ0v) is 9.51. The third kappa shape index (κ3) is 2.24. The third-order valence-corrected chi connectivity index (χ3v) is 2.41. The highest BCUT2D eigenvalue weighted by Crippen LogP contribution is 2.18. The minimum atomic E-state index is -1.37. The van der Waals surface area contributed by atoms with Gasteiger partial charge in [0.1, 0.15) is 17.6 Å². The summed E-state index contributed by atoms with van der Waals surface area (Å²) in [5.41, 5.74) is 0.221. The molecule has 0 radical (unpaired) electrons. The molecule has 1 heterocycles. The lowest BCUT2D eigenvalue weighted by Gasteiger charge is -2.02. The fraction of sp³-hybridized carbons (Fsp3) is 0.0769. The Bertz CT molecular complexity index is 681. The smallest absolute Gasteiger partial charge is 0.200 e. The van der Waals surface area contributed by atoms with Crippen LogP contribution in [0, 0.1) is 0 Å². The highest BCUT2D eigenvalue weighted by atomic mass is 16.5. The number of methoxy groups -OCH3 is 1. The molecule has 0 saturated carbocycles. The molecule has 2 rings (SSSR count). The number of carbonyl (C=O) groups excluding carboxylic acids is 1. The first-order valence-corrected chi connectivity index (χ1v) is 5.10. The predicted octanol–water partition coefficient (Wildman–Crippen LogP) is 0.565. The van der Waals surface area contributed by atoms with Crippen LogP contribution in [0.15, 0.2) is 39.7 Å². The number of carbonyl (C=O) groups is 1. The van der Waals surface area contributed by atoms with Gasteiger partial charge < -0.3 is 19.1 Å². The molecule has 0 bridgehead atoms. The van der Waals surface area contributed by atoms with E-state index in [-0.39, 0.29) is 11.0 Å². The van der Waals surface area contributed by atoms with Crippen molar-refractivity contribution in [1.29, 1.82) is 0 Å². The average Bonchev–Trinajstić information content (AvgIpc) is 2.37. The Balaban J connectivity index is 2.62. The Morgan fingerprint density at radius 3 is 2.89 bits per heavy atom. The van der Waals surface area contributed by atoms with Crippen molar-refractivity contribution in [3.63, 3.8) is 0 Å². The van der Waals surface area contributed by atoms with Gasteiger partial charge in [0.05, 0.1) is 24.0 Å². The standard InChI is InChI=1S/C13H10O5/c1-17-9-3-4-11-10(6-9)13(16)8(7-18-11)2-5-12(14)15/h2-7H,1H3,(H,14,15)/p-1/b5-2+. The number of hydrogen-bond acceptors (Lipinski definition) is 5. The van der Waals surface area contributed by atoms with E-state index in [0.717, 1.165) is 12.2 Å². The van der Waals surface area contributed by atoms with Crippen molar-refractivity contribution >= 4 is 23.0 Å². The summed E-state index contributed by atoms with van der Waals surface area (Å²) >= 11 is 0. The van der Waals surface area contributed by atoms with Gasteiger partial charge in [0.15, 0.2) is 5.43 Å². The fourth-order valence-corrected chi connectivity index (χ4v) is 1.53. The monoisotopic (exact) mass is 245 g/mol. The average molecular weight is 245 g/mol. The van der Waals surface area contributed by atoms with Crippen molar-refractivity contribution in [3.8, 4) is 5.75 Å². The Morgan fingerprint density at radius 2 is 2.22 bits per heavy atom. The van der Waals surface area contributed by atoms with Crippen molar-refractivity contribution in [2.75, 3.05) is 7.11 Å². The van der Waals surface area contributed by atoms with Gasteiger partial charge in [0, 0.05) is 0 Å². The molecular formula is C13H9O5-. The van der Waals surface area contributed by atoms with Crippen LogP contribution in [0.2, 0.25) is 0 Å². The van der Waals surface area contributed by atoms with Crippen LogP contribution in [0.4, 0.5) is 0 Å². The maximum atomic E-state index is 12.0. The molecule has 0 aliphatic rings. The van der Waals surface area contributed by atoms with Crippen molar-refractivity contribution in [1.82, 2.24) is 0 Å². The van der Waals surface area contributed by atoms with Crippen LogP contribution < -0.4 is 15.3 Å². The summed E-state index contributed by atoms with van der Waals surface area (Å²) < 4.78 is 10.2. The molecule has 0 atom stereocenters. The van der Waals surface area contributed by atoms with E-state index >= 15 is 0 Å². The number of hydrogen-bond donors (Lipinski definition) is 0. The topological polar surface area (TPSA) is 79.6 Å². The fourth-order valence-electron chi connectivity index (χ4n) is 1.53. The van der Waals surface area contributed by atoms with Gasteiger partial charge in [-0.05, 0) is 30.4 Å². The molecular weight excluding hydrogens is 236 g/mol. The Morgan fingerprint density at radius 1 is 1.44 bits per heavy atom. The normalized spacial score (nSPS) is 10.9. The van der Waals surface area contributed by atoms with Crippen molar-refractivity contribution in [2.24, 2.45) is 0 Å². The Labute approximate surface area is 102 Å². The molecule has 0 fully saturated rings. The van der Waals surface area contributed by atoms with Gasteiger partial charge in [-0.3, -0.25) is 4.79 Å². The van der Waals surface area contributed by atoms with Gasteiger partial charge in [-0.15, -0.1) is 0 Å². The third-order valence-electron chi connectivity index (χ3n) is 2.41. The predicted molar refractivity (Wildman–Crippen MR) is 63.1 cm³/mol. The number of fused-ring (bicyclic) bond motifs is 1. The molecule has 0 aliphatic carbocycles. The molecule has 0 amide bonds. The summed E-state index contributed by atoms with van der Waals surface area (Å²) in [6, 6.07) is 4.82. The maximum Gasteiger partial charge on any atom is 0.200 e. The molecule has 1 aromatic carbocycles. The minimum absolute atomic E-state index is 0.139. The number of rotatable bonds is 3. The lowest BCUT2D eigenvalue weighted by Crippen LogP contribution is -2.18. The molecule has 0 saturated heterocycles. The Kier molecular flexibility index (Phi) is 3.14. The van der Waals surface area contributed by atoms with Crippen LogP contribution in [0.1, 0.15) is 5.56 Å². The zero-order valence-electron chi connectivity index (χ0n) is 9.51. The summed E-state index contributed by atoms with van der Waals surface area (Å²) in [6.45, 7) is 0. The molecule has 5 nitrogen and oxygen atoms in total. The van der Waals surface area contributed by atoms with Crippen molar-refractivity contribution in [3.05, 3.63) is 46.3 Å². The highest BCUT2D eigenvalue weighted by molar-refractivity contribution is 5.85. The number of ether oxygens (including phenoxy) is 1. The second-order valence-corrected chi connectivity index (χ2v) is 3.53. The molecule has 0 N–H and O–H groups in total. The van der Waals surface area contributed by atoms with E-state index < -0.39 is 5.97 Å². The molecule has 92 valence electrons. The summed E-state index contributed by atoms with van der Waals surface area (Å²) in [5, 5.41) is 10.6. The van der Waals surface area contributed by atoms with Gasteiger partial charge in [-0.25, -0.2) is 0 Å². The molecule has 0 aliphatic heterocycles. The van der Waals surface area contributed by atoms with E-state index in [1.165, 1.54) is 19.4 Å². The molecule has 0 spiro atoms. The largest absolute Gasteiger partial charge is 0.545 e. The van der Waals surface area contributed by atoms with Crippen LogP contribution in [-0.4, -0.2) is 13.1 Å². The van der Waals surface area contributed by atoms with Crippen LogP contribution >= 0.6 is 0 Å². The first-order valence-electron chi connectivity index (χ1n) is 5.10. The molecule has 5 heteroatoms. The van der Waals surface area contributed by atoms with Gasteiger partial charge in [0.2, 0.25) is 0 Å². The molecule has 0 unspecified atom stereocenters. The Hall–Kier alpha value is -2.56. The molecule has 1 aromatic heterocycles. The first-order chi connectivity index (χ1) is 8.61. The van der Waals surface area contributed by atoms with E-state index in [9.17, 15) is 14.7 Å². The second kappa shape index (κ2) is 4.75. The van der Waals surface area contributed by atoms with Gasteiger partial charge in [0.25, 0.3) is 0 Å². The summed E-state index contributed by atoms with van der Waals surface area (Å²) in [6.07, 6.45) is 3.12. The van der Waals surface area contributed by atoms with Crippen LogP contribution in [0.5, 0.6) is 5.75 Å². The summed E-state index contributed by atoms with van der Waals surface area (Å²) in [4.78, 5) is 22.3. The number of aliphatic carboxylic acids is 1. The highest BCUT2D eigenvalue weighted by Gasteiger charge is 2.05. The quantitative estimate of drug-likeness (QED) is 0.738. The van der Waals surface area contributed by atoms with Gasteiger partial charge in [-0.2, -0.15) is 0 Å².